The molecular weight excluding hydrogens is 420 g/mol. The van der Waals surface area contributed by atoms with Crippen LogP contribution in [0.4, 0.5) is 8.78 Å². The van der Waals surface area contributed by atoms with Gasteiger partial charge in [-0.1, -0.05) is 6.07 Å². The largest absolute Gasteiger partial charge is 0.453 e. The number of ether oxygens (including phenoxy) is 1. The molecule has 7 nitrogen and oxygen atoms in total. The van der Waals surface area contributed by atoms with Gasteiger partial charge in [0.05, 0.1) is 30.6 Å². The van der Waals surface area contributed by atoms with Gasteiger partial charge in [-0.15, -0.1) is 0 Å². The molecule has 2 atom stereocenters. The van der Waals surface area contributed by atoms with Crippen LogP contribution in [0.5, 0.6) is 0 Å². The molecule has 5 rings (SSSR count). The number of hydrogen-bond acceptors (Lipinski definition) is 5. The molecule has 0 spiro atoms. The van der Waals surface area contributed by atoms with E-state index in [0.29, 0.717) is 22.2 Å². The Morgan fingerprint density at radius 1 is 1.16 bits per heavy atom. The third kappa shape index (κ3) is 3.17. The lowest BCUT2D eigenvalue weighted by molar-refractivity contribution is -0.00149. The first kappa shape index (κ1) is 20.3. The van der Waals surface area contributed by atoms with Crippen molar-refractivity contribution in [1.82, 2.24) is 14.3 Å². The zero-order valence-corrected chi connectivity index (χ0v) is 16.8. The number of rotatable bonds is 5. The van der Waals surface area contributed by atoms with E-state index in [2.05, 4.69) is 5.10 Å². The maximum atomic E-state index is 14.3. The topological polar surface area (TPSA) is 89.5 Å². The van der Waals surface area contributed by atoms with Crippen LogP contribution in [0.1, 0.15) is 21.6 Å². The van der Waals surface area contributed by atoms with Gasteiger partial charge in [-0.25, -0.2) is 18.3 Å². The van der Waals surface area contributed by atoms with E-state index in [1.165, 1.54) is 24.4 Å². The van der Waals surface area contributed by atoms with Gasteiger partial charge in [0.2, 0.25) is 0 Å². The van der Waals surface area contributed by atoms with Crippen LogP contribution in [-0.4, -0.2) is 49.9 Å². The van der Waals surface area contributed by atoms with Crippen LogP contribution < -0.4 is 0 Å². The molecule has 1 aliphatic heterocycles. The van der Waals surface area contributed by atoms with Gasteiger partial charge in [0.1, 0.15) is 29.9 Å². The van der Waals surface area contributed by atoms with Crippen molar-refractivity contribution in [1.29, 1.82) is 0 Å². The summed E-state index contributed by atoms with van der Waals surface area (Å²) in [6.45, 7) is -1.24. The molecule has 0 saturated carbocycles. The molecule has 2 aromatic carbocycles. The number of esters is 1. The van der Waals surface area contributed by atoms with E-state index in [4.69, 9.17) is 4.74 Å². The summed E-state index contributed by atoms with van der Waals surface area (Å²) in [5.74, 6) is -0.997. The zero-order chi connectivity index (χ0) is 22.5. The Hall–Kier alpha value is -3.56. The van der Waals surface area contributed by atoms with Gasteiger partial charge < -0.3 is 19.5 Å². The normalized spacial score (nSPS) is 17.8. The predicted octanol–water partition coefficient (Wildman–Crippen LogP) is 2.70. The van der Waals surface area contributed by atoms with E-state index in [9.17, 15) is 23.8 Å². The minimum atomic E-state index is -1.99. The van der Waals surface area contributed by atoms with Crippen molar-refractivity contribution in [3.05, 3.63) is 83.6 Å². The Kier molecular flexibility index (Phi) is 4.79. The van der Waals surface area contributed by atoms with Gasteiger partial charge in [-0.3, -0.25) is 0 Å². The third-order valence-electron chi connectivity index (χ3n) is 5.77. The summed E-state index contributed by atoms with van der Waals surface area (Å²) in [5.41, 5.74) is 0.0451. The summed E-state index contributed by atoms with van der Waals surface area (Å²) in [5, 5.41) is 25.6. The van der Waals surface area contributed by atoms with Crippen LogP contribution in [0, 0.1) is 5.82 Å². The molecule has 0 saturated heterocycles. The molecule has 9 heteroatoms. The van der Waals surface area contributed by atoms with Crippen molar-refractivity contribution in [3.63, 3.8) is 0 Å². The quantitative estimate of drug-likeness (QED) is 0.467. The fraction of sp³-hybridized carbons (Fsp3) is 0.217. The second-order valence-electron chi connectivity index (χ2n) is 7.78. The van der Waals surface area contributed by atoms with E-state index in [-0.39, 0.29) is 30.2 Å². The minimum absolute atomic E-state index is 0.182. The Bertz CT molecular complexity index is 1310. The summed E-state index contributed by atoms with van der Waals surface area (Å²) >= 11 is 0. The third-order valence-corrected chi connectivity index (χ3v) is 5.77. The number of nitrogens with zero attached hydrogens (tertiary/aromatic N) is 3. The number of aromatic nitrogens is 3. The first-order valence-corrected chi connectivity index (χ1v) is 9.98. The minimum Gasteiger partial charge on any atom is -0.453 e. The SMILES string of the molecule is O=C1OC(CO)Cn2cc(C(O)(CF)c3ccc4c(cnn4-c4ccc(F)cc4)c3)cc21. The average Bonchev–Trinajstić information content (AvgIpc) is 3.43. The molecule has 32 heavy (non-hydrogen) atoms. The summed E-state index contributed by atoms with van der Waals surface area (Å²) in [4.78, 5) is 12.2. The van der Waals surface area contributed by atoms with E-state index < -0.39 is 24.3 Å². The average molecular weight is 439 g/mol. The fourth-order valence-corrected chi connectivity index (χ4v) is 4.02. The Morgan fingerprint density at radius 3 is 2.66 bits per heavy atom. The standard InChI is InChI=1S/C23H19F2N3O4/c24-13-23(31,16-8-21-22(30)32-19(12-29)11-27(21)10-16)15-1-6-20-14(7-15)9-26-28(20)18-4-2-17(25)3-5-18/h1-10,19,29,31H,11-13H2. The van der Waals surface area contributed by atoms with Crippen LogP contribution in [0.3, 0.4) is 0 Å². The number of fused-ring (bicyclic) bond motifs is 2. The van der Waals surface area contributed by atoms with Crippen molar-refractivity contribution in [2.75, 3.05) is 13.3 Å². The molecular formula is C23H19F2N3O4. The molecule has 2 unspecified atom stereocenters. The second-order valence-corrected chi connectivity index (χ2v) is 7.78. The Balaban J connectivity index is 1.55. The van der Waals surface area contributed by atoms with Crippen molar-refractivity contribution >= 4 is 16.9 Å². The highest BCUT2D eigenvalue weighted by atomic mass is 19.1. The fourth-order valence-electron chi connectivity index (χ4n) is 4.02. The highest BCUT2D eigenvalue weighted by molar-refractivity contribution is 5.89. The summed E-state index contributed by atoms with van der Waals surface area (Å²) in [6, 6.07) is 12.2. The van der Waals surface area contributed by atoms with Crippen LogP contribution in [-0.2, 0) is 16.9 Å². The van der Waals surface area contributed by atoms with E-state index in [0.717, 1.165) is 0 Å². The van der Waals surface area contributed by atoms with Gasteiger partial charge in [0.25, 0.3) is 0 Å². The van der Waals surface area contributed by atoms with Crippen LogP contribution in [0.2, 0.25) is 0 Å². The molecule has 0 radical (unpaired) electrons. The lowest BCUT2D eigenvalue weighted by Gasteiger charge is -2.25. The van der Waals surface area contributed by atoms with E-state index in [1.807, 2.05) is 0 Å². The highest BCUT2D eigenvalue weighted by Crippen LogP contribution is 2.35. The molecule has 0 bridgehead atoms. The molecule has 0 amide bonds. The summed E-state index contributed by atoms with van der Waals surface area (Å²) < 4.78 is 35.8. The van der Waals surface area contributed by atoms with E-state index >= 15 is 0 Å². The second kappa shape index (κ2) is 7.54. The van der Waals surface area contributed by atoms with Crippen molar-refractivity contribution in [3.8, 4) is 5.69 Å². The summed E-state index contributed by atoms with van der Waals surface area (Å²) in [6.07, 6.45) is 2.39. The maximum absolute atomic E-state index is 14.3. The zero-order valence-electron chi connectivity index (χ0n) is 16.8. The highest BCUT2D eigenvalue weighted by Gasteiger charge is 2.37. The smallest absolute Gasteiger partial charge is 0.355 e. The number of halogens is 2. The lowest BCUT2D eigenvalue weighted by Crippen LogP contribution is -2.33. The molecule has 3 heterocycles. The van der Waals surface area contributed by atoms with Crippen LogP contribution in [0.25, 0.3) is 16.6 Å². The molecule has 0 aliphatic carbocycles. The van der Waals surface area contributed by atoms with Gasteiger partial charge in [0, 0.05) is 17.1 Å². The van der Waals surface area contributed by atoms with Gasteiger partial charge >= 0.3 is 5.97 Å². The van der Waals surface area contributed by atoms with Crippen LogP contribution >= 0.6 is 0 Å². The number of cyclic esters (lactones) is 1. The van der Waals surface area contributed by atoms with E-state index in [1.54, 1.807) is 45.8 Å². The number of aliphatic hydroxyl groups excluding tert-OH is 1. The first-order valence-electron chi connectivity index (χ1n) is 9.98. The Labute approximate surface area is 181 Å². The lowest BCUT2D eigenvalue weighted by atomic mass is 9.88. The van der Waals surface area contributed by atoms with Crippen molar-refractivity contribution in [2.45, 2.75) is 18.2 Å². The molecule has 0 fully saturated rings. The number of aliphatic hydroxyl groups is 2. The van der Waals surface area contributed by atoms with Crippen molar-refractivity contribution in [2.24, 2.45) is 0 Å². The number of hydrogen-bond donors (Lipinski definition) is 2. The number of benzene rings is 2. The molecule has 1 aliphatic rings. The maximum Gasteiger partial charge on any atom is 0.355 e. The monoisotopic (exact) mass is 439 g/mol. The molecule has 2 aromatic heterocycles. The molecule has 4 aromatic rings. The molecule has 164 valence electrons. The molecule has 2 N–H and O–H groups in total. The van der Waals surface area contributed by atoms with Gasteiger partial charge in [-0.05, 0) is 48.0 Å². The number of carbonyl (C=O) groups is 1. The van der Waals surface area contributed by atoms with Crippen LogP contribution in [0.15, 0.2) is 60.9 Å². The predicted molar refractivity (Wildman–Crippen MR) is 111 cm³/mol. The number of alkyl halides is 1. The van der Waals surface area contributed by atoms with Gasteiger partial charge in [-0.2, -0.15) is 5.10 Å². The number of carbonyl (C=O) groups excluding carboxylic acids is 1. The van der Waals surface area contributed by atoms with Gasteiger partial charge in [0.15, 0.2) is 0 Å². The van der Waals surface area contributed by atoms with Crippen molar-refractivity contribution < 1.29 is 28.5 Å². The first-order chi connectivity index (χ1) is 15.4. The summed E-state index contributed by atoms with van der Waals surface area (Å²) in [7, 11) is 0. The Morgan fingerprint density at radius 2 is 1.94 bits per heavy atom.